The maximum atomic E-state index is 9.66. The molecule has 0 aliphatic heterocycles. The molecule has 0 saturated heterocycles. The molecule has 0 spiro atoms. The second-order valence-electron chi connectivity index (χ2n) is 6.31. The number of hydrogen-bond donors (Lipinski definition) is 1. The van der Waals surface area contributed by atoms with Gasteiger partial charge in [0, 0.05) is 35.9 Å². The summed E-state index contributed by atoms with van der Waals surface area (Å²) in [6.45, 7) is 0. The molecule has 0 aliphatic carbocycles. The predicted octanol–water partition coefficient (Wildman–Crippen LogP) is 5.07. The normalized spacial score (nSPS) is 10.1. The number of benzene rings is 3. The summed E-state index contributed by atoms with van der Waals surface area (Å²) in [5, 5.41) is 19.9. The van der Waals surface area contributed by atoms with Gasteiger partial charge in [-0.1, -0.05) is 35.9 Å². The minimum Gasteiger partial charge on any atom is -0.397 e. The predicted molar refractivity (Wildman–Crippen MR) is 110 cm³/mol. The minimum atomic E-state index is 0.194. The Morgan fingerprint density at radius 1 is 0.815 bits per heavy atom. The van der Waals surface area contributed by atoms with Gasteiger partial charge in [-0.05, 0) is 41.5 Å². The first-order valence-corrected chi connectivity index (χ1v) is 8.64. The lowest BCUT2D eigenvalue weighted by molar-refractivity contribution is 1.13. The average Bonchev–Trinajstić information content (AvgIpc) is 2.68. The quantitative estimate of drug-likeness (QED) is 0.651. The molecule has 2 N–H and O–H groups in total. The monoisotopic (exact) mass is 372 g/mol. The Morgan fingerprint density at radius 2 is 1.26 bits per heavy atom. The fourth-order valence-corrected chi connectivity index (χ4v) is 3.09. The van der Waals surface area contributed by atoms with Crippen LogP contribution in [-0.2, 0) is 0 Å². The smallest absolute Gasteiger partial charge is 0.102 e. The van der Waals surface area contributed by atoms with Crippen LogP contribution in [0.5, 0.6) is 0 Å². The van der Waals surface area contributed by atoms with Crippen LogP contribution in [0, 0.1) is 22.7 Å². The number of nitrogens with zero attached hydrogens (tertiary/aromatic N) is 3. The second-order valence-corrected chi connectivity index (χ2v) is 6.74. The van der Waals surface area contributed by atoms with Gasteiger partial charge in [-0.25, -0.2) is 0 Å². The van der Waals surface area contributed by atoms with Crippen molar-refractivity contribution < 1.29 is 0 Å². The Bertz CT molecular complexity index is 1070. The molecule has 0 radical (unpaired) electrons. The number of rotatable bonds is 3. The third-order valence-corrected chi connectivity index (χ3v) is 4.69. The molecular formula is C22H17ClN4. The summed E-state index contributed by atoms with van der Waals surface area (Å²) >= 11 is 5.98. The summed E-state index contributed by atoms with van der Waals surface area (Å²) in [7, 11) is 3.93. The van der Waals surface area contributed by atoms with E-state index in [0.717, 1.165) is 16.8 Å². The Labute approximate surface area is 163 Å². The van der Waals surface area contributed by atoms with E-state index in [2.05, 4.69) is 12.1 Å². The van der Waals surface area contributed by atoms with E-state index in [0.29, 0.717) is 27.3 Å². The van der Waals surface area contributed by atoms with Gasteiger partial charge in [0.25, 0.3) is 0 Å². The van der Waals surface area contributed by atoms with Crippen LogP contribution in [0.4, 0.5) is 11.4 Å². The summed E-state index contributed by atoms with van der Waals surface area (Å²) in [6.07, 6.45) is 0. The number of anilines is 2. The minimum absolute atomic E-state index is 0.194. The van der Waals surface area contributed by atoms with Crippen LogP contribution in [0.2, 0.25) is 5.02 Å². The molecule has 0 aliphatic rings. The van der Waals surface area contributed by atoms with Crippen LogP contribution in [-0.4, -0.2) is 14.1 Å². The summed E-state index contributed by atoms with van der Waals surface area (Å²) in [6, 6.07) is 21.2. The SMILES string of the molecule is CN(C)c1ccc(-c2cc(-c3ccc(Cl)cc3)c(C#N)c(N)c2C#N)cc1. The Morgan fingerprint density at radius 3 is 1.67 bits per heavy atom. The molecule has 5 heteroatoms. The van der Waals surface area contributed by atoms with Gasteiger partial charge >= 0.3 is 0 Å². The molecule has 0 unspecified atom stereocenters. The van der Waals surface area contributed by atoms with Crippen LogP contribution in [0.15, 0.2) is 54.6 Å². The zero-order chi connectivity index (χ0) is 19.6. The molecule has 4 nitrogen and oxygen atoms in total. The van der Waals surface area contributed by atoms with Gasteiger partial charge in [-0.3, -0.25) is 0 Å². The molecule has 0 heterocycles. The van der Waals surface area contributed by atoms with Crippen molar-refractivity contribution >= 4 is 23.0 Å². The third kappa shape index (κ3) is 3.44. The molecule has 0 atom stereocenters. The van der Waals surface area contributed by atoms with E-state index < -0.39 is 0 Å². The van der Waals surface area contributed by atoms with Gasteiger partial charge in [-0.2, -0.15) is 10.5 Å². The van der Waals surface area contributed by atoms with Crippen molar-refractivity contribution in [2.24, 2.45) is 0 Å². The zero-order valence-electron chi connectivity index (χ0n) is 15.0. The first kappa shape index (κ1) is 18.3. The molecule has 132 valence electrons. The summed E-state index contributed by atoms with van der Waals surface area (Å²) in [4.78, 5) is 2.00. The largest absolute Gasteiger partial charge is 0.397 e. The molecule has 0 aromatic heterocycles. The number of nitrogen functional groups attached to an aromatic ring is 1. The summed E-state index contributed by atoms with van der Waals surface area (Å²) < 4.78 is 0. The number of nitriles is 2. The van der Waals surface area contributed by atoms with E-state index in [9.17, 15) is 10.5 Å². The van der Waals surface area contributed by atoms with Crippen LogP contribution in [0.3, 0.4) is 0 Å². The molecule has 27 heavy (non-hydrogen) atoms. The van der Waals surface area contributed by atoms with Gasteiger partial charge in [0.15, 0.2) is 0 Å². The fourth-order valence-electron chi connectivity index (χ4n) is 2.97. The van der Waals surface area contributed by atoms with Crippen molar-refractivity contribution in [3.05, 3.63) is 70.7 Å². The topological polar surface area (TPSA) is 76.8 Å². The summed E-state index contributed by atoms with van der Waals surface area (Å²) in [5.74, 6) is 0. The highest BCUT2D eigenvalue weighted by atomic mass is 35.5. The molecule has 0 bridgehead atoms. The van der Waals surface area contributed by atoms with E-state index in [4.69, 9.17) is 17.3 Å². The van der Waals surface area contributed by atoms with Crippen molar-refractivity contribution in [3.8, 4) is 34.4 Å². The first-order chi connectivity index (χ1) is 13.0. The van der Waals surface area contributed by atoms with Crippen molar-refractivity contribution in [2.75, 3.05) is 24.7 Å². The Kier molecular flexibility index (Phi) is 5.03. The van der Waals surface area contributed by atoms with Crippen molar-refractivity contribution in [1.29, 1.82) is 10.5 Å². The van der Waals surface area contributed by atoms with Crippen molar-refractivity contribution in [3.63, 3.8) is 0 Å². The standard InChI is InChI=1S/C22H17ClN4/c1-27(2)17-9-5-15(6-10-17)19-11-18(14-3-7-16(23)8-4-14)20(12-24)22(26)21(19)13-25/h3-11H,26H2,1-2H3. The number of halogens is 1. The highest BCUT2D eigenvalue weighted by Crippen LogP contribution is 2.37. The lowest BCUT2D eigenvalue weighted by Crippen LogP contribution is -2.08. The van der Waals surface area contributed by atoms with E-state index in [-0.39, 0.29) is 5.69 Å². The average molecular weight is 373 g/mol. The van der Waals surface area contributed by atoms with Crippen molar-refractivity contribution in [1.82, 2.24) is 0 Å². The van der Waals surface area contributed by atoms with Gasteiger partial charge in [-0.15, -0.1) is 0 Å². The first-order valence-electron chi connectivity index (χ1n) is 8.26. The van der Waals surface area contributed by atoms with Crippen LogP contribution >= 0.6 is 11.6 Å². The molecule has 3 aromatic carbocycles. The Hall–Kier alpha value is -3.47. The van der Waals surface area contributed by atoms with Gasteiger partial charge < -0.3 is 10.6 Å². The van der Waals surface area contributed by atoms with Gasteiger partial charge in [0.05, 0.1) is 16.8 Å². The van der Waals surface area contributed by atoms with Gasteiger partial charge in [0.2, 0.25) is 0 Å². The molecule has 3 rings (SSSR count). The lowest BCUT2D eigenvalue weighted by atomic mass is 9.89. The number of nitrogens with two attached hydrogens (primary N) is 1. The van der Waals surface area contributed by atoms with E-state index in [1.165, 1.54) is 0 Å². The zero-order valence-corrected chi connectivity index (χ0v) is 15.7. The second kappa shape index (κ2) is 7.41. The molecule has 0 amide bonds. The van der Waals surface area contributed by atoms with E-state index >= 15 is 0 Å². The van der Waals surface area contributed by atoms with Crippen molar-refractivity contribution in [2.45, 2.75) is 0 Å². The summed E-state index contributed by atoms with van der Waals surface area (Å²) in [5.41, 5.74) is 11.1. The molecular weight excluding hydrogens is 356 g/mol. The maximum Gasteiger partial charge on any atom is 0.102 e. The van der Waals surface area contributed by atoms with Crippen LogP contribution in [0.25, 0.3) is 22.3 Å². The fraction of sp³-hybridized carbons (Fsp3) is 0.0909. The molecule has 0 saturated carbocycles. The molecule has 3 aromatic rings. The highest BCUT2D eigenvalue weighted by molar-refractivity contribution is 6.30. The van der Waals surface area contributed by atoms with Crippen LogP contribution in [0.1, 0.15) is 11.1 Å². The van der Waals surface area contributed by atoms with E-state index in [1.807, 2.05) is 61.5 Å². The molecule has 0 fully saturated rings. The maximum absolute atomic E-state index is 9.66. The number of hydrogen-bond acceptors (Lipinski definition) is 4. The highest BCUT2D eigenvalue weighted by Gasteiger charge is 2.18. The van der Waals surface area contributed by atoms with Crippen LogP contribution < -0.4 is 10.6 Å². The lowest BCUT2D eigenvalue weighted by Gasteiger charge is -2.16. The Balaban J connectivity index is 2.26. The van der Waals surface area contributed by atoms with Gasteiger partial charge in [0.1, 0.15) is 12.1 Å². The third-order valence-electron chi connectivity index (χ3n) is 4.44. The van der Waals surface area contributed by atoms with E-state index in [1.54, 1.807) is 12.1 Å².